The van der Waals surface area contributed by atoms with Crippen LogP contribution in [0.25, 0.3) is 0 Å². The lowest BCUT2D eigenvalue weighted by Crippen LogP contribution is -2.45. The third-order valence-corrected chi connectivity index (χ3v) is 4.92. The summed E-state index contributed by atoms with van der Waals surface area (Å²) in [6, 6.07) is 9.05. The molecule has 2 N–H and O–H groups in total. The van der Waals surface area contributed by atoms with Crippen LogP contribution >= 0.6 is 0 Å². The second kappa shape index (κ2) is 5.98. The van der Waals surface area contributed by atoms with E-state index in [1.54, 1.807) is 0 Å². The van der Waals surface area contributed by atoms with Crippen molar-refractivity contribution in [2.75, 3.05) is 19.6 Å². The number of nitrogens with two attached hydrogens (primary N) is 1. The van der Waals surface area contributed by atoms with Gasteiger partial charge in [-0.25, -0.2) is 0 Å². The Balaban J connectivity index is 1.83. The molecule has 1 aromatic carbocycles. The Hall–Kier alpha value is -1.06. The van der Waals surface area contributed by atoms with Crippen LogP contribution in [0.1, 0.15) is 51.1 Å². The summed E-state index contributed by atoms with van der Waals surface area (Å²) >= 11 is 0. The van der Waals surface area contributed by atoms with E-state index in [2.05, 4.69) is 43.0 Å². The molecule has 2 aliphatic heterocycles. The van der Waals surface area contributed by atoms with Gasteiger partial charge in [0, 0.05) is 24.6 Å². The molecular weight excluding hydrogens is 260 g/mol. The minimum absolute atomic E-state index is 0.0835. The van der Waals surface area contributed by atoms with E-state index in [4.69, 9.17) is 10.5 Å². The fraction of sp³-hybridized carbons (Fsp3) is 0.667. The van der Waals surface area contributed by atoms with Crippen molar-refractivity contribution in [1.29, 1.82) is 0 Å². The smallest absolute Gasteiger partial charge is 0.124 e. The van der Waals surface area contributed by atoms with Crippen molar-refractivity contribution in [2.45, 2.75) is 51.2 Å². The summed E-state index contributed by atoms with van der Waals surface area (Å²) in [6.07, 6.45) is 4.86. The molecule has 0 spiro atoms. The van der Waals surface area contributed by atoms with Crippen molar-refractivity contribution < 1.29 is 4.74 Å². The predicted molar refractivity (Wildman–Crippen MR) is 86.5 cm³/mol. The second-order valence-corrected chi connectivity index (χ2v) is 7.20. The molecule has 116 valence electrons. The predicted octanol–water partition coefficient (Wildman–Crippen LogP) is 3.35. The largest absolute Gasteiger partial charge is 0.487 e. The lowest BCUT2D eigenvalue weighted by Gasteiger charge is -2.45. The van der Waals surface area contributed by atoms with Crippen molar-refractivity contribution >= 4 is 0 Å². The number of piperidine rings is 1. The van der Waals surface area contributed by atoms with Crippen molar-refractivity contribution in [2.24, 2.45) is 11.7 Å². The van der Waals surface area contributed by atoms with Gasteiger partial charge >= 0.3 is 0 Å². The summed E-state index contributed by atoms with van der Waals surface area (Å²) in [4.78, 5) is 2.67. The summed E-state index contributed by atoms with van der Waals surface area (Å²) in [5.41, 5.74) is 7.05. The molecule has 1 saturated heterocycles. The van der Waals surface area contributed by atoms with Crippen LogP contribution in [0.15, 0.2) is 24.3 Å². The highest BCUT2D eigenvalue weighted by molar-refractivity contribution is 5.38. The summed E-state index contributed by atoms with van der Waals surface area (Å²) in [6.45, 7) is 7.62. The highest BCUT2D eigenvalue weighted by Crippen LogP contribution is 2.43. The van der Waals surface area contributed by atoms with Crippen LogP contribution in [0.4, 0.5) is 0 Å². The molecule has 0 amide bonds. The van der Waals surface area contributed by atoms with Gasteiger partial charge in [-0.15, -0.1) is 0 Å². The maximum absolute atomic E-state index is 6.17. The maximum Gasteiger partial charge on any atom is 0.124 e. The number of para-hydroxylation sites is 1. The first-order valence-electron chi connectivity index (χ1n) is 8.31. The van der Waals surface area contributed by atoms with Crippen molar-refractivity contribution in [3.63, 3.8) is 0 Å². The molecular formula is C18H28N2O. The molecule has 0 bridgehead atoms. The molecule has 21 heavy (non-hydrogen) atoms. The molecule has 3 rings (SSSR count). The van der Waals surface area contributed by atoms with Crippen LogP contribution in [0.2, 0.25) is 0 Å². The van der Waals surface area contributed by atoms with Crippen LogP contribution in [-0.4, -0.2) is 30.1 Å². The Kier molecular flexibility index (Phi) is 4.23. The molecule has 0 saturated carbocycles. The fourth-order valence-corrected chi connectivity index (χ4v) is 3.94. The van der Waals surface area contributed by atoms with Gasteiger partial charge in [0.25, 0.3) is 0 Å². The third-order valence-electron chi connectivity index (χ3n) is 4.92. The Morgan fingerprint density at radius 3 is 2.95 bits per heavy atom. The molecule has 2 heterocycles. The topological polar surface area (TPSA) is 38.5 Å². The monoisotopic (exact) mass is 288 g/mol. The summed E-state index contributed by atoms with van der Waals surface area (Å²) in [5, 5.41) is 0. The van der Waals surface area contributed by atoms with Gasteiger partial charge in [0.15, 0.2) is 0 Å². The fourth-order valence-electron chi connectivity index (χ4n) is 3.94. The minimum Gasteiger partial charge on any atom is -0.487 e. The van der Waals surface area contributed by atoms with E-state index in [0.717, 1.165) is 31.1 Å². The van der Waals surface area contributed by atoms with Crippen LogP contribution in [0.3, 0.4) is 0 Å². The number of benzene rings is 1. The Bertz CT molecular complexity index is 484. The number of likely N-dealkylation sites (tertiary alicyclic amines) is 1. The number of nitrogens with zero attached hydrogens (tertiary/aromatic N) is 1. The van der Waals surface area contributed by atoms with Gasteiger partial charge in [-0.2, -0.15) is 0 Å². The zero-order valence-electron chi connectivity index (χ0n) is 13.3. The van der Waals surface area contributed by atoms with Gasteiger partial charge in [0.2, 0.25) is 0 Å². The number of hydrogen-bond acceptors (Lipinski definition) is 3. The van der Waals surface area contributed by atoms with E-state index in [0.29, 0.717) is 6.04 Å². The summed E-state index contributed by atoms with van der Waals surface area (Å²) < 4.78 is 6.17. The Morgan fingerprint density at radius 2 is 2.14 bits per heavy atom. The van der Waals surface area contributed by atoms with Gasteiger partial charge in [-0.05, 0) is 58.2 Å². The third kappa shape index (κ3) is 3.24. The zero-order chi connectivity index (χ0) is 14.9. The first-order valence-corrected chi connectivity index (χ1v) is 8.31. The Morgan fingerprint density at radius 1 is 1.33 bits per heavy atom. The van der Waals surface area contributed by atoms with E-state index in [-0.39, 0.29) is 5.60 Å². The highest BCUT2D eigenvalue weighted by Gasteiger charge is 2.37. The lowest BCUT2D eigenvalue weighted by molar-refractivity contribution is 0.0147. The molecule has 0 aromatic heterocycles. The Labute approximate surface area is 128 Å². The van der Waals surface area contributed by atoms with E-state index < -0.39 is 0 Å². The van der Waals surface area contributed by atoms with Crippen LogP contribution < -0.4 is 10.5 Å². The molecule has 2 aliphatic rings. The van der Waals surface area contributed by atoms with Crippen molar-refractivity contribution in [1.82, 2.24) is 4.90 Å². The number of hydrogen-bond donors (Lipinski definition) is 1. The van der Waals surface area contributed by atoms with Crippen LogP contribution in [-0.2, 0) is 0 Å². The number of rotatable bonds is 3. The van der Waals surface area contributed by atoms with Gasteiger partial charge in [-0.3, -0.25) is 4.90 Å². The molecule has 3 heteroatoms. The standard InChI is InChI=1S/C18H28N2O/c1-18(2)12-16(15-7-3-4-8-17(15)21-18)20-11-5-6-14(13-20)9-10-19/h3-4,7-8,14,16H,5-6,9-13,19H2,1-2H3. The molecule has 1 aromatic rings. The SMILES string of the molecule is CC1(C)CC(N2CCCC(CCN)C2)c2ccccc2O1. The molecule has 3 nitrogen and oxygen atoms in total. The van der Waals surface area contributed by atoms with E-state index in [9.17, 15) is 0 Å². The van der Waals surface area contributed by atoms with E-state index >= 15 is 0 Å². The number of fused-ring (bicyclic) bond motifs is 1. The molecule has 2 unspecified atom stereocenters. The zero-order valence-corrected chi connectivity index (χ0v) is 13.3. The molecule has 0 radical (unpaired) electrons. The van der Waals surface area contributed by atoms with E-state index in [1.807, 2.05) is 0 Å². The first kappa shape index (κ1) is 14.9. The van der Waals surface area contributed by atoms with Crippen molar-refractivity contribution in [3.8, 4) is 5.75 Å². The van der Waals surface area contributed by atoms with Gasteiger partial charge in [-0.1, -0.05) is 18.2 Å². The van der Waals surface area contributed by atoms with Crippen LogP contribution in [0, 0.1) is 5.92 Å². The molecule has 2 atom stereocenters. The normalized spacial score (nSPS) is 28.7. The van der Waals surface area contributed by atoms with Gasteiger partial charge < -0.3 is 10.5 Å². The van der Waals surface area contributed by atoms with Crippen molar-refractivity contribution in [3.05, 3.63) is 29.8 Å². The van der Waals surface area contributed by atoms with E-state index in [1.165, 1.54) is 31.5 Å². The second-order valence-electron chi connectivity index (χ2n) is 7.20. The van der Waals surface area contributed by atoms with Gasteiger partial charge in [0.1, 0.15) is 11.4 Å². The first-order chi connectivity index (χ1) is 10.1. The summed E-state index contributed by atoms with van der Waals surface area (Å²) in [7, 11) is 0. The lowest BCUT2D eigenvalue weighted by atomic mass is 9.86. The summed E-state index contributed by atoms with van der Waals surface area (Å²) in [5.74, 6) is 1.83. The minimum atomic E-state index is -0.0835. The van der Waals surface area contributed by atoms with Gasteiger partial charge in [0.05, 0.1) is 0 Å². The molecule has 0 aliphatic carbocycles. The average Bonchev–Trinajstić information content (AvgIpc) is 2.46. The number of ether oxygens (including phenoxy) is 1. The maximum atomic E-state index is 6.17. The van der Waals surface area contributed by atoms with Crippen LogP contribution in [0.5, 0.6) is 5.75 Å². The molecule has 1 fully saturated rings. The quantitative estimate of drug-likeness (QED) is 0.927. The highest BCUT2D eigenvalue weighted by atomic mass is 16.5. The average molecular weight is 288 g/mol.